The first-order valence-corrected chi connectivity index (χ1v) is 5.42. The van der Waals surface area contributed by atoms with Crippen molar-refractivity contribution < 1.29 is 9.62 Å². The lowest BCUT2D eigenvalue weighted by Crippen LogP contribution is -2.07. The van der Waals surface area contributed by atoms with Crippen LogP contribution in [0.4, 0.5) is 0 Å². The van der Waals surface area contributed by atoms with Crippen LogP contribution in [0.5, 0.6) is 0 Å². The van der Waals surface area contributed by atoms with Gasteiger partial charge in [0.05, 0.1) is 17.2 Å². The number of benzene rings is 2. The topological polar surface area (TPSA) is 62.8 Å². The molecule has 0 saturated heterocycles. The normalized spacial score (nSPS) is 11.6. The van der Waals surface area contributed by atoms with Crippen LogP contribution in [0, 0.1) is 0 Å². The number of hydrogen-bond acceptors (Lipinski definition) is 4. The molecule has 0 fully saturated rings. The number of nitrogens with zero attached hydrogens (tertiary/aromatic N) is 1. The molecule has 0 atom stereocenters. The summed E-state index contributed by atoms with van der Waals surface area (Å²) in [6, 6.07) is 11.3. The molecule has 3 rings (SSSR count). The first kappa shape index (κ1) is 10.5. The summed E-state index contributed by atoms with van der Waals surface area (Å²) in [6.07, 6.45) is 2.37. The molecule has 0 aliphatic rings. The van der Waals surface area contributed by atoms with Crippen LogP contribution < -0.4 is 5.43 Å². The first-order chi connectivity index (χ1) is 8.81. The van der Waals surface area contributed by atoms with Gasteiger partial charge in [0.15, 0.2) is 0 Å². The zero-order valence-electron chi connectivity index (χ0n) is 9.33. The molecule has 1 heterocycles. The Morgan fingerprint density at radius 1 is 1.11 bits per heavy atom. The Morgan fingerprint density at radius 2 is 1.94 bits per heavy atom. The Hall–Kier alpha value is -2.62. The highest BCUT2D eigenvalue weighted by molar-refractivity contribution is 6.04. The van der Waals surface area contributed by atoms with Crippen molar-refractivity contribution in [3.05, 3.63) is 58.4 Å². The van der Waals surface area contributed by atoms with Gasteiger partial charge in [-0.3, -0.25) is 4.79 Å². The van der Waals surface area contributed by atoms with Crippen LogP contribution in [0.2, 0.25) is 0 Å². The molecule has 88 valence electrons. The summed E-state index contributed by atoms with van der Waals surface area (Å²) in [6.45, 7) is 0. The minimum atomic E-state index is -0.209. The van der Waals surface area contributed by atoms with Crippen LogP contribution in [-0.2, 0) is 0 Å². The van der Waals surface area contributed by atoms with E-state index in [1.807, 2.05) is 30.3 Å². The van der Waals surface area contributed by atoms with Crippen LogP contribution >= 0.6 is 0 Å². The molecule has 0 bridgehead atoms. The van der Waals surface area contributed by atoms with E-state index in [2.05, 4.69) is 5.16 Å². The average Bonchev–Trinajstić information content (AvgIpc) is 2.42. The van der Waals surface area contributed by atoms with Gasteiger partial charge in [0, 0.05) is 5.39 Å². The molecule has 4 heteroatoms. The molecule has 1 N–H and O–H groups in total. The zero-order chi connectivity index (χ0) is 12.5. The van der Waals surface area contributed by atoms with Crippen molar-refractivity contribution in [2.24, 2.45) is 5.16 Å². The summed E-state index contributed by atoms with van der Waals surface area (Å²) in [4.78, 5) is 12.1. The van der Waals surface area contributed by atoms with E-state index in [0.29, 0.717) is 11.0 Å². The summed E-state index contributed by atoms with van der Waals surface area (Å²) in [5, 5.41) is 13.7. The fourth-order valence-corrected chi connectivity index (χ4v) is 2.03. The molecule has 18 heavy (non-hydrogen) atoms. The quantitative estimate of drug-likeness (QED) is 0.307. The molecule has 0 spiro atoms. The maximum Gasteiger partial charge on any atom is 0.201 e. The van der Waals surface area contributed by atoms with Gasteiger partial charge in [-0.15, -0.1) is 0 Å². The largest absolute Gasteiger partial charge is 0.463 e. The van der Waals surface area contributed by atoms with Crippen LogP contribution in [0.3, 0.4) is 0 Å². The minimum absolute atomic E-state index is 0.209. The molecule has 1 aromatic heterocycles. The summed E-state index contributed by atoms with van der Waals surface area (Å²) in [7, 11) is 0. The first-order valence-electron chi connectivity index (χ1n) is 5.42. The predicted octanol–water partition coefficient (Wildman–Crippen LogP) is 2.75. The van der Waals surface area contributed by atoms with Gasteiger partial charge in [-0.05, 0) is 11.5 Å². The van der Waals surface area contributed by atoms with E-state index in [9.17, 15) is 4.79 Å². The Labute approximate surface area is 102 Å². The maximum absolute atomic E-state index is 12.1. The number of rotatable bonds is 1. The molecule has 0 unspecified atom stereocenters. The maximum atomic E-state index is 12.1. The Morgan fingerprint density at radius 3 is 2.78 bits per heavy atom. The second-order valence-electron chi connectivity index (χ2n) is 3.93. The molecule has 0 aliphatic heterocycles. The Kier molecular flexibility index (Phi) is 2.34. The van der Waals surface area contributed by atoms with Crippen molar-refractivity contribution in [2.75, 3.05) is 0 Å². The van der Waals surface area contributed by atoms with E-state index in [4.69, 9.17) is 9.62 Å². The van der Waals surface area contributed by atoms with E-state index in [1.54, 1.807) is 6.07 Å². The molecule has 0 saturated carbocycles. The van der Waals surface area contributed by atoms with E-state index in [1.165, 1.54) is 6.26 Å². The van der Waals surface area contributed by atoms with Crippen molar-refractivity contribution in [1.82, 2.24) is 0 Å². The Bertz CT molecular complexity index is 818. The smallest absolute Gasteiger partial charge is 0.201 e. The van der Waals surface area contributed by atoms with Crippen LogP contribution in [0.25, 0.3) is 21.7 Å². The standard InChI is InChI=1S/C14H9NO3/c16-13-10(7-15-17)8-18-14-11-4-2-1-3-9(11)5-6-12(13)14/h1-8,17H/b15-7-. The number of oxime groups is 1. The fraction of sp³-hybridized carbons (Fsp3) is 0. The van der Waals surface area contributed by atoms with Gasteiger partial charge < -0.3 is 9.62 Å². The highest BCUT2D eigenvalue weighted by Crippen LogP contribution is 2.23. The van der Waals surface area contributed by atoms with Crippen molar-refractivity contribution in [1.29, 1.82) is 0 Å². The third-order valence-electron chi connectivity index (χ3n) is 2.89. The molecule has 0 radical (unpaired) electrons. The summed E-state index contributed by atoms with van der Waals surface area (Å²) < 4.78 is 5.49. The van der Waals surface area contributed by atoms with Gasteiger partial charge in [0.25, 0.3) is 0 Å². The molecule has 0 amide bonds. The van der Waals surface area contributed by atoms with Crippen molar-refractivity contribution >= 4 is 28.0 Å². The predicted molar refractivity (Wildman–Crippen MR) is 69.4 cm³/mol. The summed E-state index contributed by atoms with van der Waals surface area (Å²) in [5.74, 6) is 0. The zero-order valence-corrected chi connectivity index (χ0v) is 9.33. The van der Waals surface area contributed by atoms with Crippen molar-refractivity contribution in [3.8, 4) is 0 Å². The van der Waals surface area contributed by atoms with E-state index < -0.39 is 0 Å². The minimum Gasteiger partial charge on any atom is -0.463 e. The van der Waals surface area contributed by atoms with Crippen molar-refractivity contribution in [3.63, 3.8) is 0 Å². The lowest BCUT2D eigenvalue weighted by atomic mass is 10.1. The van der Waals surface area contributed by atoms with E-state index in [0.717, 1.165) is 17.0 Å². The van der Waals surface area contributed by atoms with Crippen LogP contribution in [0.1, 0.15) is 5.56 Å². The van der Waals surface area contributed by atoms with Gasteiger partial charge in [-0.1, -0.05) is 35.5 Å². The third-order valence-corrected chi connectivity index (χ3v) is 2.89. The molecular weight excluding hydrogens is 230 g/mol. The summed E-state index contributed by atoms with van der Waals surface area (Å²) in [5.41, 5.74) is 0.563. The van der Waals surface area contributed by atoms with E-state index in [-0.39, 0.29) is 11.0 Å². The summed E-state index contributed by atoms with van der Waals surface area (Å²) >= 11 is 0. The number of hydrogen-bond donors (Lipinski definition) is 1. The molecule has 4 nitrogen and oxygen atoms in total. The second-order valence-corrected chi connectivity index (χ2v) is 3.93. The SMILES string of the molecule is O=c1c(/C=N\O)coc2c1ccc1ccccc12. The molecule has 2 aromatic carbocycles. The highest BCUT2D eigenvalue weighted by Gasteiger charge is 2.08. The van der Waals surface area contributed by atoms with Gasteiger partial charge >= 0.3 is 0 Å². The lowest BCUT2D eigenvalue weighted by molar-refractivity contribution is 0.321. The van der Waals surface area contributed by atoms with Gasteiger partial charge in [0.1, 0.15) is 11.8 Å². The number of fused-ring (bicyclic) bond motifs is 3. The molecular formula is C14H9NO3. The highest BCUT2D eigenvalue weighted by atomic mass is 16.4. The monoisotopic (exact) mass is 239 g/mol. The third kappa shape index (κ3) is 1.47. The fourth-order valence-electron chi connectivity index (χ4n) is 2.03. The molecule has 0 aliphatic carbocycles. The van der Waals surface area contributed by atoms with Crippen LogP contribution in [-0.4, -0.2) is 11.4 Å². The van der Waals surface area contributed by atoms with Crippen LogP contribution in [0.15, 0.2) is 57.0 Å². The van der Waals surface area contributed by atoms with Gasteiger partial charge in [0.2, 0.25) is 5.43 Å². The second kappa shape index (κ2) is 4.00. The van der Waals surface area contributed by atoms with Crippen molar-refractivity contribution in [2.45, 2.75) is 0 Å². The Balaban J connectivity index is 2.48. The average molecular weight is 239 g/mol. The van der Waals surface area contributed by atoms with Gasteiger partial charge in [-0.25, -0.2) is 0 Å². The lowest BCUT2D eigenvalue weighted by Gasteiger charge is -2.02. The van der Waals surface area contributed by atoms with Gasteiger partial charge in [-0.2, -0.15) is 0 Å². The van der Waals surface area contributed by atoms with E-state index >= 15 is 0 Å². The molecule has 3 aromatic rings.